The Morgan fingerprint density at radius 1 is 1.65 bits per heavy atom. The molecule has 96 valence electrons. The van der Waals surface area contributed by atoms with Crippen LogP contribution in [0.4, 0.5) is 0 Å². The van der Waals surface area contributed by atoms with E-state index in [1.54, 1.807) is 23.1 Å². The number of hydrogen-bond donors (Lipinski definition) is 1. The second-order valence-corrected chi connectivity index (χ2v) is 6.26. The highest BCUT2D eigenvalue weighted by Gasteiger charge is 2.10. The van der Waals surface area contributed by atoms with Crippen molar-refractivity contribution in [1.29, 1.82) is 0 Å². The van der Waals surface area contributed by atoms with Gasteiger partial charge in [0.25, 0.3) is 0 Å². The van der Waals surface area contributed by atoms with Crippen LogP contribution >= 0.6 is 23.1 Å². The first-order valence-electron chi connectivity index (χ1n) is 5.90. The number of carbonyl (C=O) groups excluding carboxylic acids is 1. The fourth-order valence-corrected chi connectivity index (χ4v) is 2.83. The number of nitrogens with one attached hydrogen (secondary N) is 1. The van der Waals surface area contributed by atoms with Crippen LogP contribution in [-0.4, -0.2) is 28.9 Å². The normalized spacial score (nSPS) is 12.4. The van der Waals surface area contributed by atoms with Gasteiger partial charge in [-0.15, -0.1) is 11.3 Å². The molecule has 0 unspecified atom stereocenters. The molecule has 1 aromatic heterocycles. The molecule has 5 heteroatoms. The second kappa shape index (κ2) is 7.71. The summed E-state index contributed by atoms with van der Waals surface area (Å²) in [7, 11) is 0. The Morgan fingerprint density at radius 2 is 2.41 bits per heavy atom. The van der Waals surface area contributed by atoms with Crippen molar-refractivity contribution < 1.29 is 4.79 Å². The Morgan fingerprint density at radius 3 is 3.00 bits per heavy atom. The Bertz CT molecular complexity index is 352. The molecule has 1 heterocycles. The van der Waals surface area contributed by atoms with E-state index in [-0.39, 0.29) is 5.91 Å². The summed E-state index contributed by atoms with van der Waals surface area (Å²) in [4.78, 5) is 15.9. The predicted octanol–water partition coefficient (Wildman–Crippen LogP) is 2.81. The molecule has 1 aromatic rings. The average molecular weight is 272 g/mol. The lowest BCUT2D eigenvalue weighted by molar-refractivity contribution is -0.120. The molecule has 0 spiro atoms. The van der Waals surface area contributed by atoms with E-state index in [1.807, 2.05) is 12.3 Å². The standard InChI is InChI=1S/C12H20N2OS2/c1-4-16-6-5-11(15)13-7-9(2)12-14-10(3)8-17-12/h8-9H,4-7H2,1-3H3,(H,13,15)/t9-/m0/s1. The van der Waals surface area contributed by atoms with Gasteiger partial charge in [0, 0.05) is 35.7 Å². The maximum Gasteiger partial charge on any atom is 0.220 e. The van der Waals surface area contributed by atoms with Crippen LogP contribution in [0.15, 0.2) is 5.38 Å². The third-order valence-corrected chi connectivity index (χ3v) is 4.44. The van der Waals surface area contributed by atoms with Crippen LogP contribution < -0.4 is 5.32 Å². The molecule has 1 N–H and O–H groups in total. The molecule has 0 saturated heterocycles. The SMILES string of the molecule is CCSCCC(=O)NC[C@H](C)c1nc(C)cs1. The number of rotatable bonds is 7. The lowest BCUT2D eigenvalue weighted by Gasteiger charge is -2.09. The van der Waals surface area contributed by atoms with Crippen LogP contribution in [0.5, 0.6) is 0 Å². The summed E-state index contributed by atoms with van der Waals surface area (Å²) in [5, 5.41) is 6.11. The van der Waals surface area contributed by atoms with Crippen molar-refractivity contribution >= 4 is 29.0 Å². The van der Waals surface area contributed by atoms with Gasteiger partial charge in [-0.05, 0) is 12.7 Å². The first-order chi connectivity index (χ1) is 8.13. The van der Waals surface area contributed by atoms with E-state index in [0.717, 1.165) is 22.2 Å². The predicted molar refractivity (Wildman–Crippen MR) is 75.9 cm³/mol. The largest absolute Gasteiger partial charge is 0.355 e. The van der Waals surface area contributed by atoms with E-state index >= 15 is 0 Å². The van der Waals surface area contributed by atoms with Gasteiger partial charge in [0.05, 0.1) is 5.01 Å². The van der Waals surface area contributed by atoms with Crippen molar-refractivity contribution in [2.24, 2.45) is 0 Å². The van der Waals surface area contributed by atoms with E-state index in [4.69, 9.17) is 0 Å². The Hall–Kier alpha value is -0.550. The summed E-state index contributed by atoms with van der Waals surface area (Å²) in [5.41, 5.74) is 1.06. The summed E-state index contributed by atoms with van der Waals surface area (Å²) in [6, 6.07) is 0. The highest BCUT2D eigenvalue weighted by Crippen LogP contribution is 2.18. The zero-order chi connectivity index (χ0) is 12.7. The molecule has 0 bridgehead atoms. The highest BCUT2D eigenvalue weighted by atomic mass is 32.2. The summed E-state index contributed by atoms with van der Waals surface area (Å²) in [6.45, 7) is 6.88. The molecule has 0 fully saturated rings. The molecule has 1 amide bonds. The van der Waals surface area contributed by atoms with Crippen molar-refractivity contribution in [2.75, 3.05) is 18.1 Å². The van der Waals surface area contributed by atoms with E-state index in [9.17, 15) is 4.79 Å². The lowest BCUT2D eigenvalue weighted by atomic mass is 10.2. The van der Waals surface area contributed by atoms with Gasteiger partial charge in [-0.2, -0.15) is 11.8 Å². The number of carbonyl (C=O) groups is 1. The fourth-order valence-electron chi connectivity index (χ4n) is 1.35. The first-order valence-corrected chi connectivity index (χ1v) is 7.93. The van der Waals surface area contributed by atoms with Crippen LogP contribution in [0.3, 0.4) is 0 Å². The summed E-state index contributed by atoms with van der Waals surface area (Å²) >= 11 is 3.46. The number of thioether (sulfide) groups is 1. The third kappa shape index (κ3) is 5.55. The van der Waals surface area contributed by atoms with Gasteiger partial charge >= 0.3 is 0 Å². The molecule has 0 aliphatic carbocycles. The fraction of sp³-hybridized carbons (Fsp3) is 0.667. The molecule has 3 nitrogen and oxygen atoms in total. The number of aromatic nitrogens is 1. The number of aryl methyl sites for hydroxylation is 1. The Labute approximate surface area is 111 Å². The molecule has 0 radical (unpaired) electrons. The second-order valence-electron chi connectivity index (χ2n) is 3.98. The molecule has 0 aliphatic heterocycles. The monoisotopic (exact) mass is 272 g/mol. The maximum atomic E-state index is 11.5. The zero-order valence-electron chi connectivity index (χ0n) is 10.7. The van der Waals surface area contributed by atoms with E-state index in [0.29, 0.717) is 18.9 Å². The van der Waals surface area contributed by atoms with Gasteiger partial charge in [-0.25, -0.2) is 4.98 Å². The van der Waals surface area contributed by atoms with E-state index in [2.05, 4.69) is 24.1 Å². The smallest absolute Gasteiger partial charge is 0.220 e. The van der Waals surface area contributed by atoms with Gasteiger partial charge in [0.15, 0.2) is 0 Å². The minimum absolute atomic E-state index is 0.145. The highest BCUT2D eigenvalue weighted by molar-refractivity contribution is 7.99. The van der Waals surface area contributed by atoms with Crippen LogP contribution in [0.1, 0.15) is 36.9 Å². The molecule has 1 rings (SSSR count). The van der Waals surface area contributed by atoms with Crippen molar-refractivity contribution in [3.05, 3.63) is 16.1 Å². The zero-order valence-corrected chi connectivity index (χ0v) is 12.3. The molecule has 0 aromatic carbocycles. The number of amides is 1. The third-order valence-electron chi connectivity index (χ3n) is 2.34. The number of nitrogens with zero attached hydrogens (tertiary/aromatic N) is 1. The van der Waals surface area contributed by atoms with Gasteiger partial charge in [-0.1, -0.05) is 13.8 Å². The quantitative estimate of drug-likeness (QED) is 0.776. The minimum atomic E-state index is 0.145. The molecule has 17 heavy (non-hydrogen) atoms. The maximum absolute atomic E-state index is 11.5. The van der Waals surface area contributed by atoms with Gasteiger partial charge in [-0.3, -0.25) is 4.79 Å². The van der Waals surface area contributed by atoms with Crippen molar-refractivity contribution in [2.45, 2.75) is 33.1 Å². The average Bonchev–Trinajstić information content (AvgIpc) is 2.73. The van der Waals surface area contributed by atoms with Crippen LogP contribution in [0.25, 0.3) is 0 Å². The molecule has 0 aliphatic rings. The van der Waals surface area contributed by atoms with Crippen LogP contribution in [-0.2, 0) is 4.79 Å². The Kier molecular flexibility index (Phi) is 6.58. The summed E-state index contributed by atoms with van der Waals surface area (Å²) in [6.07, 6.45) is 0.613. The van der Waals surface area contributed by atoms with E-state index in [1.165, 1.54) is 0 Å². The lowest BCUT2D eigenvalue weighted by Crippen LogP contribution is -2.27. The van der Waals surface area contributed by atoms with Crippen LogP contribution in [0.2, 0.25) is 0 Å². The van der Waals surface area contributed by atoms with Gasteiger partial charge < -0.3 is 5.32 Å². The van der Waals surface area contributed by atoms with Crippen molar-refractivity contribution in [1.82, 2.24) is 10.3 Å². The van der Waals surface area contributed by atoms with Crippen molar-refractivity contribution in [3.63, 3.8) is 0 Å². The molecular weight excluding hydrogens is 252 g/mol. The van der Waals surface area contributed by atoms with E-state index < -0.39 is 0 Å². The van der Waals surface area contributed by atoms with Gasteiger partial charge in [0.1, 0.15) is 0 Å². The molecule has 0 saturated carbocycles. The number of thiazole rings is 1. The topological polar surface area (TPSA) is 42.0 Å². The van der Waals surface area contributed by atoms with Crippen molar-refractivity contribution in [3.8, 4) is 0 Å². The minimum Gasteiger partial charge on any atom is -0.355 e. The first kappa shape index (κ1) is 14.5. The van der Waals surface area contributed by atoms with Crippen LogP contribution in [0, 0.1) is 6.92 Å². The van der Waals surface area contributed by atoms with Gasteiger partial charge in [0.2, 0.25) is 5.91 Å². The summed E-state index contributed by atoms with van der Waals surface area (Å²) < 4.78 is 0. The molecular formula is C12H20N2OS2. The molecule has 1 atom stereocenters. The Balaban J connectivity index is 2.23. The summed E-state index contributed by atoms with van der Waals surface area (Å²) in [5.74, 6) is 2.43. The number of hydrogen-bond acceptors (Lipinski definition) is 4.